The van der Waals surface area contributed by atoms with E-state index in [2.05, 4.69) is 47.2 Å². The van der Waals surface area contributed by atoms with E-state index < -0.39 is 8.07 Å². The topological polar surface area (TPSA) is 53.6 Å². The van der Waals surface area contributed by atoms with E-state index in [-0.39, 0.29) is 0 Å². The van der Waals surface area contributed by atoms with Crippen molar-refractivity contribution in [2.75, 3.05) is 6.61 Å². The van der Waals surface area contributed by atoms with Gasteiger partial charge in [-0.2, -0.15) is 4.98 Å². The lowest BCUT2D eigenvalue weighted by molar-refractivity contribution is 0.0850. The lowest BCUT2D eigenvalue weighted by Crippen LogP contribution is -2.22. The number of fused-ring (bicyclic) bond motifs is 2. The highest BCUT2D eigenvalue weighted by Gasteiger charge is 2.15. The number of nitrogens with zero attached hydrogens (tertiary/aromatic N) is 4. The van der Waals surface area contributed by atoms with Crippen LogP contribution < -0.4 is 4.74 Å². The van der Waals surface area contributed by atoms with Gasteiger partial charge >= 0.3 is 6.01 Å². The summed E-state index contributed by atoms with van der Waals surface area (Å²) in [5.74, 6) is 0.730. The fourth-order valence-corrected chi connectivity index (χ4v) is 4.72. The average Bonchev–Trinajstić information content (AvgIpc) is 3.35. The van der Waals surface area contributed by atoms with E-state index in [9.17, 15) is 0 Å². The number of rotatable bonds is 8. The molecule has 3 heterocycles. The Labute approximate surface area is 200 Å². The third-order valence-corrected chi connectivity index (χ3v) is 7.52. The molecule has 0 N–H and O–H groups in total. The molecule has 0 aliphatic rings. The molecular formula is C27H30N4O2Si. The highest BCUT2D eigenvalue weighted by Crippen LogP contribution is 2.30. The second kappa shape index (κ2) is 9.08. The molecule has 174 valence electrons. The highest BCUT2D eigenvalue weighted by molar-refractivity contribution is 6.76. The van der Waals surface area contributed by atoms with Crippen molar-refractivity contribution >= 4 is 24.8 Å². The van der Waals surface area contributed by atoms with Gasteiger partial charge < -0.3 is 13.9 Å². The Morgan fingerprint density at radius 1 is 0.912 bits per heavy atom. The minimum atomic E-state index is -1.14. The number of benzene rings is 2. The molecule has 0 unspecified atom stereocenters. The molecule has 6 nitrogen and oxygen atoms in total. The Morgan fingerprint density at radius 3 is 2.50 bits per heavy atom. The van der Waals surface area contributed by atoms with E-state index in [0.29, 0.717) is 12.7 Å². The van der Waals surface area contributed by atoms with Gasteiger partial charge in [-0.05, 0) is 54.9 Å². The van der Waals surface area contributed by atoms with Gasteiger partial charge in [-0.15, -0.1) is 0 Å². The molecule has 0 atom stereocenters. The van der Waals surface area contributed by atoms with Gasteiger partial charge in [-0.25, -0.2) is 4.98 Å². The number of para-hydroxylation sites is 2. The van der Waals surface area contributed by atoms with Gasteiger partial charge in [0.1, 0.15) is 18.1 Å². The van der Waals surface area contributed by atoms with Gasteiger partial charge in [0.05, 0.1) is 16.7 Å². The van der Waals surface area contributed by atoms with Crippen molar-refractivity contribution in [3.63, 3.8) is 0 Å². The fraction of sp³-hybridized carbons (Fsp3) is 0.259. The summed E-state index contributed by atoms with van der Waals surface area (Å²) in [6.07, 6.45) is 4.05. The number of pyridine rings is 1. The maximum Gasteiger partial charge on any atom is 0.304 e. The Bertz CT molecular complexity index is 1430. The first-order chi connectivity index (χ1) is 16.4. The van der Waals surface area contributed by atoms with Gasteiger partial charge in [0, 0.05) is 32.6 Å². The van der Waals surface area contributed by atoms with Crippen LogP contribution in [0.5, 0.6) is 11.8 Å². The van der Waals surface area contributed by atoms with Crippen LogP contribution in [0, 0.1) is 6.92 Å². The van der Waals surface area contributed by atoms with Crippen LogP contribution in [0.4, 0.5) is 0 Å². The van der Waals surface area contributed by atoms with E-state index in [1.54, 1.807) is 0 Å². The van der Waals surface area contributed by atoms with Crippen LogP contribution in [0.2, 0.25) is 25.7 Å². The molecule has 5 rings (SSSR count). The average molecular weight is 471 g/mol. The molecule has 0 aliphatic heterocycles. The molecule has 0 saturated heterocycles. The molecule has 34 heavy (non-hydrogen) atoms. The summed E-state index contributed by atoms with van der Waals surface area (Å²) < 4.78 is 16.3. The molecule has 0 bridgehead atoms. The first-order valence-corrected chi connectivity index (χ1v) is 15.3. The molecule has 0 aliphatic carbocycles. The second-order valence-corrected chi connectivity index (χ2v) is 15.4. The van der Waals surface area contributed by atoms with Crippen LogP contribution in [-0.2, 0) is 11.5 Å². The van der Waals surface area contributed by atoms with E-state index in [0.717, 1.165) is 51.9 Å². The van der Waals surface area contributed by atoms with Gasteiger partial charge in [0.15, 0.2) is 0 Å². The van der Waals surface area contributed by atoms with Crippen molar-refractivity contribution < 1.29 is 9.47 Å². The largest absolute Gasteiger partial charge is 0.425 e. The molecule has 7 heteroatoms. The number of aryl methyl sites for hydroxylation is 1. The normalized spacial score (nSPS) is 12.0. The molecule has 0 spiro atoms. The maximum absolute atomic E-state index is 6.23. The summed E-state index contributed by atoms with van der Waals surface area (Å²) in [4.78, 5) is 9.39. The number of hydrogen-bond donors (Lipinski definition) is 0. The molecule has 3 aromatic heterocycles. The Hall–Kier alpha value is -3.42. The van der Waals surface area contributed by atoms with Crippen LogP contribution in [0.1, 0.15) is 5.69 Å². The first-order valence-electron chi connectivity index (χ1n) is 11.6. The number of imidazole rings is 2. The predicted molar refractivity (Wildman–Crippen MR) is 139 cm³/mol. The van der Waals surface area contributed by atoms with E-state index in [1.807, 2.05) is 66.3 Å². The summed E-state index contributed by atoms with van der Waals surface area (Å²) in [6, 6.07) is 21.9. The summed E-state index contributed by atoms with van der Waals surface area (Å²) in [5.41, 5.74) is 6.02. The summed E-state index contributed by atoms with van der Waals surface area (Å²) in [7, 11) is -1.14. The first kappa shape index (κ1) is 22.4. The van der Waals surface area contributed by atoms with Crippen molar-refractivity contribution in [2.45, 2.75) is 39.3 Å². The zero-order chi connectivity index (χ0) is 23.7. The molecule has 0 saturated carbocycles. The van der Waals surface area contributed by atoms with Crippen LogP contribution in [0.15, 0.2) is 73.1 Å². The van der Waals surface area contributed by atoms with E-state index >= 15 is 0 Å². The predicted octanol–water partition coefficient (Wildman–Crippen LogP) is 6.76. The summed E-state index contributed by atoms with van der Waals surface area (Å²) in [6.45, 7) is 10.2. The monoisotopic (exact) mass is 470 g/mol. The molecule has 5 aromatic rings. The van der Waals surface area contributed by atoms with Gasteiger partial charge in [0.2, 0.25) is 0 Å². The minimum Gasteiger partial charge on any atom is -0.425 e. The molecule has 0 fully saturated rings. The van der Waals surface area contributed by atoms with Crippen molar-refractivity contribution in [2.24, 2.45) is 0 Å². The van der Waals surface area contributed by atoms with Crippen molar-refractivity contribution in [3.05, 3.63) is 78.8 Å². The van der Waals surface area contributed by atoms with Crippen LogP contribution in [0.25, 0.3) is 27.8 Å². The Morgan fingerprint density at radius 2 is 1.71 bits per heavy atom. The van der Waals surface area contributed by atoms with Crippen molar-refractivity contribution in [3.8, 4) is 22.9 Å². The number of ether oxygens (including phenoxy) is 2. The Kier molecular flexibility index (Phi) is 5.97. The molecular weight excluding hydrogens is 440 g/mol. The van der Waals surface area contributed by atoms with Gasteiger partial charge in [-0.3, -0.25) is 4.57 Å². The van der Waals surface area contributed by atoms with Crippen molar-refractivity contribution in [1.82, 2.24) is 18.9 Å². The number of hydrogen-bond acceptors (Lipinski definition) is 4. The van der Waals surface area contributed by atoms with E-state index in [1.165, 1.54) is 0 Å². The highest BCUT2D eigenvalue weighted by atomic mass is 28.3. The summed E-state index contributed by atoms with van der Waals surface area (Å²) in [5, 5.41) is 0. The molecule has 0 radical (unpaired) electrons. The molecule has 0 amide bonds. The lowest BCUT2D eigenvalue weighted by Gasteiger charge is -2.16. The quantitative estimate of drug-likeness (QED) is 0.186. The second-order valence-electron chi connectivity index (χ2n) is 9.82. The third kappa shape index (κ3) is 4.76. The fourth-order valence-electron chi connectivity index (χ4n) is 3.96. The van der Waals surface area contributed by atoms with Gasteiger partial charge in [-0.1, -0.05) is 43.9 Å². The van der Waals surface area contributed by atoms with E-state index in [4.69, 9.17) is 14.5 Å². The zero-order valence-corrected chi connectivity index (χ0v) is 21.2. The Balaban J connectivity index is 1.38. The van der Waals surface area contributed by atoms with Gasteiger partial charge in [0.25, 0.3) is 0 Å². The van der Waals surface area contributed by atoms with Crippen LogP contribution in [-0.4, -0.2) is 33.6 Å². The van der Waals surface area contributed by atoms with Crippen molar-refractivity contribution in [1.29, 1.82) is 0 Å². The molecule has 2 aromatic carbocycles. The standard InChI is InChI=1S/C27H30N4O2Si/c1-20-18-30-15-7-8-23(26(30)28-20)21-11-13-22(14-12-21)33-27-29-24-9-5-6-10-25(24)31(27)19-32-16-17-34(2,3)4/h5-15,18H,16-17,19H2,1-4H3. The summed E-state index contributed by atoms with van der Waals surface area (Å²) >= 11 is 0. The van der Waals surface area contributed by atoms with Crippen LogP contribution in [0.3, 0.4) is 0 Å². The lowest BCUT2D eigenvalue weighted by atomic mass is 10.1. The minimum absolute atomic E-state index is 0.416. The zero-order valence-electron chi connectivity index (χ0n) is 20.2. The van der Waals surface area contributed by atoms with Crippen LogP contribution >= 0.6 is 0 Å². The number of aromatic nitrogens is 4. The maximum atomic E-state index is 6.23. The smallest absolute Gasteiger partial charge is 0.304 e. The SMILES string of the molecule is Cc1cn2cccc(-c3ccc(Oc4nc5ccccc5n4COCC[Si](C)(C)C)cc3)c2n1. The third-order valence-electron chi connectivity index (χ3n) is 5.81.